The molecule has 0 atom stereocenters. The van der Waals surface area contributed by atoms with Crippen LogP contribution in [0.2, 0.25) is 5.02 Å². The molecule has 0 N–H and O–H groups in total. The van der Waals surface area contributed by atoms with Crippen LogP contribution in [0, 0.1) is 0 Å². The van der Waals surface area contributed by atoms with E-state index in [-0.39, 0.29) is 18.1 Å². The predicted octanol–water partition coefficient (Wildman–Crippen LogP) is 2.82. The summed E-state index contributed by atoms with van der Waals surface area (Å²) in [5.74, 6) is 0.803. The summed E-state index contributed by atoms with van der Waals surface area (Å²) in [6.07, 6.45) is 3.50. The standard InChI is InChI=1S/C19H21ClN2O3/c1-21-9-6-15(12-18(21)23)14-7-10-22(11-8-14)19(24)13-25-17-5-3-2-4-16(17)20/h2-6,9,12,14H,7-8,10-11,13H2,1H3. The van der Waals surface area contributed by atoms with Gasteiger partial charge in [-0.2, -0.15) is 0 Å². The fourth-order valence-corrected chi connectivity index (χ4v) is 3.26. The zero-order valence-electron chi connectivity index (χ0n) is 14.2. The van der Waals surface area contributed by atoms with Crippen LogP contribution in [0.3, 0.4) is 0 Å². The highest BCUT2D eigenvalue weighted by molar-refractivity contribution is 6.32. The molecule has 5 nitrogen and oxygen atoms in total. The Labute approximate surface area is 151 Å². The number of amides is 1. The molecule has 25 heavy (non-hydrogen) atoms. The number of nitrogens with zero attached hydrogens (tertiary/aromatic N) is 2. The van der Waals surface area contributed by atoms with E-state index >= 15 is 0 Å². The van der Waals surface area contributed by atoms with Gasteiger partial charge in [-0.05, 0) is 42.5 Å². The zero-order valence-corrected chi connectivity index (χ0v) is 14.9. The van der Waals surface area contributed by atoms with Crippen molar-refractivity contribution in [3.05, 3.63) is 63.5 Å². The smallest absolute Gasteiger partial charge is 0.260 e. The third-order valence-electron chi connectivity index (χ3n) is 4.64. The Balaban J connectivity index is 1.53. The number of hydrogen-bond acceptors (Lipinski definition) is 3. The highest BCUT2D eigenvalue weighted by Gasteiger charge is 2.24. The van der Waals surface area contributed by atoms with Gasteiger partial charge in [0, 0.05) is 32.4 Å². The Kier molecular flexibility index (Phi) is 5.43. The van der Waals surface area contributed by atoms with Crippen molar-refractivity contribution >= 4 is 17.5 Å². The number of likely N-dealkylation sites (tertiary alicyclic amines) is 1. The van der Waals surface area contributed by atoms with Gasteiger partial charge in [0.1, 0.15) is 5.75 Å². The number of para-hydroxylation sites is 1. The minimum absolute atomic E-state index is 0.00384. The van der Waals surface area contributed by atoms with Gasteiger partial charge in [0.15, 0.2) is 6.61 Å². The molecule has 0 radical (unpaired) electrons. The number of piperidine rings is 1. The van der Waals surface area contributed by atoms with Crippen molar-refractivity contribution in [1.29, 1.82) is 0 Å². The maximum absolute atomic E-state index is 12.3. The van der Waals surface area contributed by atoms with Crippen LogP contribution in [0.25, 0.3) is 0 Å². The molecule has 132 valence electrons. The van der Waals surface area contributed by atoms with E-state index in [0.29, 0.717) is 29.8 Å². The van der Waals surface area contributed by atoms with Gasteiger partial charge in [0.25, 0.3) is 11.5 Å². The Morgan fingerprint density at radius 2 is 1.96 bits per heavy atom. The summed E-state index contributed by atoms with van der Waals surface area (Å²) in [7, 11) is 1.74. The molecule has 0 saturated carbocycles. The summed E-state index contributed by atoms with van der Waals surface area (Å²) in [5.41, 5.74) is 1.06. The van der Waals surface area contributed by atoms with Gasteiger partial charge in [-0.15, -0.1) is 0 Å². The van der Waals surface area contributed by atoms with Crippen molar-refractivity contribution < 1.29 is 9.53 Å². The van der Waals surface area contributed by atoms with Gasteiger partial charge in [0.05, 0.1) is 5.02 Å². The minimum Gasteiger partial charge on any atom is -0.482 e. The zero-order chi connectivity index (χ0) is 17.8. The molecule has 1 saturated heterocycles. The van der Waals surface area contributed by atoms with Gasteiger partial charge in [0.2, 0.25) is 0 Å². The maximum atomic E-state index is 12.3. The first-order valence-electron chi connectivity index (χ1n) is 8.36. The molecule has 0 aliphatic carbocycles. The fraction of sp³-hybridized carbons (Fsp3) is 0.368. The molecule has 1 aliphatic rings. The van der Waals surface area contributed by atoms with Crippen LogP contribution in [0.4, 0.5) is 0 Å². The first-order valence-corrected chi connectivity index (χ1v) is 8.74. The quantitative estimate of drug-likeness (QED) is 0.842. The second-order valence-corrected chi connectivity index (χ2v) is 6.69. The SMILES string of the molecule is Cn1ccc(C2CCN(C(=O)COc3ccccc3Cl)CC2)cc1=O. The van der Waals surface area contributed by atoms with E-state index in [2.05, 4.69) is 0 Å². The predicted molar refractivity (Wildman–Crippen MR) is 97.2 cm³/mol. The molecule has 1 amide bonds. The topological polar surface area (TPSA) is 51.5 Å². The first kappa shape index (κ1) is 17.5. The van der Waals surface area contributed by atoms with Gasteiger partial charge in [-0.1, -0.05) is 23.7 Å². The summed E-state index contributed by atoms with van der Waals surface area (Å²) in [6.45, 7) is 1.33. The summed E-state index contributed by atoms with van der Waals surface area (Å²) in [5, 5.41) is 0.500. The van der Waals surface area contributed by atoms with E-state index in [4.69, 9.17) is 16.3 Å². The van der Waals surface area contributed by atoms with Crippen molar-refractivity contribution in [2.45, 2.75) is 18.8 Å². The van der Waals surface area contributed by atoms with Crippen LogP contribution in [-0.2, 0) is 11.8 Å². The molecule has 1 aliphatic heterocycles. The number of ether oxygens (including phenoxy) is 1. The number of hydrogen-bond donors (Lipinski definition) is 0. The van der Waals surface area contributed by atoms with Crippen molar-refractivity contribution in [1.82, 2.24) is 9.47 Å². The van der Waals surface area contributed by atoms with Gasteiger partial charge >= 0.3 is 0 Å². The number of rotatable bonds is 4. The molecule has 1 aromatic carbocycles. The Morgan fingerprint density at radius 1 is 1.24 bits per heavy atom. The van der Waals surface area contributed by atoms with Crippen molar-refractivity contribution in [3.63, 3.8) is 0 Å². The molecule has 0 unspecified atom stereocenters. The third-order valence-corrected chi connectivity index (χ3v) is 4.95. The first-order chi connectivity index (χ1) is 12.0. The lowest BCUT2D eigenvalue weighted by atomic mass is 9.90. The number of carbonyl (C=O) groups is 1. The third kappa shape index (κ3) is 4.23. The molecule has 0 bridgehead atoms. The number of aromatic nitrogens is 1. The van der Waals surface area contributed by atoms with Crippen molar-refractivity contribution in [3.8, 4) is 5.75 Å². The van der Waals surface area contributed by atoms with E-state index in [1.807, 2.05) is 23.1 Å². The minimum atomic E-state index is -0.0395. The number of carbonyl (C=O) groups excluding carboxylic acids is 1. The highest BCUT2D eigenvalue weighted by Crippen LogP contribution is 2.27. The van der Waals surface area contributed by atoms with Gasteiger partial charge < -0.3 is 14.2 Å². The van der Waals surface area contributed by atoms with Crippen LogP contribution >= 0.6 is 11.6 Å². The number of pyridine rings is 1. The largest absolute Gasteiger partial charge is 0.482 e. The van der Waals surface area contributed by atoms with Crippen LogP contribution < -0.4 is 10.3 Å². The number of aryl methyl sites for hydroxylation is 1. The summed E-state index contributed by atoms with van der Waals surface area (Å²) >= 11 is 6.03. The van der Waals surface area contributed by atoms with Crippen LogP contribution in [-0.4, -0.2) is 35.1 Å². The molecular weight excluding hydrogens is 340 g/mol. The Hall–Kier alpha value is -2.27. The average molecular weight is 361 g/mol. The summed E-state index contributed by atoms with van der Waals surface area (Å²) in [4.78, 5) is 25.9. The lowest BCUT2D eigenvalue weighted by Gasteiger charge is -2.32. The van der Waals surface area contributed by atoms with Crippen LogP contribution in [0.1, 0.15) is 24.3 Å². The Bertz CT molecular complexity index is 810. The molecule has 1 aromatic heterocycles. The summed E-state index contributed by atoms with van der Waals surface area (Å²) < 4.78 is 7.09. The summed E-state index contributed by atoms with van der Waals surface area (Å²) in [6, 6.07) is 10.8. The van der Waals surface area contributed by atoms with Crippen molar-refractivity contribution in [2.24, 2.45) is 7.05 Å². The maximum Gasteiger partial charge on any atom is 0.260 e. The second kappa shape index (κ2) is 7.74. The number of halogens is 1. The monoisotopic (exact) mass is 360 g/mol. The lowest BCUT2D eigenvalue weighted by Crippen LogP contribution is -2.40. The van der Waals surface area contributed by atoms with Gasteiger partial charge in [-0.25, -0.2) is 0 Å². The van der Waals surface area contributed by atoms with Gasteiger partial charge in [-0.3, -0.25) is 9.59 Å². The van der Waals surface area contributed by atoms with E-state index in [1.54, 1.807) is 36.0 Å². The lowest BCUT2D eigenvalue weighted by molar-refractivity contribution is -0.134. The molecular formula is C19H21ClN2O3. The van der Waals surface area contributed by atoms with E-state index in [0.717, 1.165) is 18.4 Å². The molecule has 6 heteroatoms. The molecule has 1 fully saturated rings. The molecule has 2 heterocycles. The molecule has 0 spiro atoms. The van der Waals surface area contributed by atoms with Crippen LogP contribution in [0.15, 0.2) is 47.4 Å². The second-order valence-electron chi connectivity index (χ2n) is 6.28. The normalized spacial score (nSPS) is 15.2. The highest BCUT2D eigenvalue weighted by atomic mass is 35.5. The van der Waals surface area contributed by atoms with Crippen molar-refractivity contribution in [2.75, 3.05) is 19.7 Å². The fourth-order valence-electron chi connectivity index (χ4n) is 3.07. The van der Waals surface area contributed by atoms with E-state index < -0.39 is 0 Å². The average Bonchev–Trinajstić information content (AvgIpc) is 2.63. The Morgan fingerprint density at radius 3 is 2.64 bits per heavy atom. The number of benzene rings is 1. The van der Waals surface area contributed by atoms with Crippen LogP contribution in [0.5, 0.6) is 5.75 Å². The van der Waals surface area contributed by atoms with E-state index in [9.17, 15) is 9.59 Å². The van der Waals surface area contributed by atoms with E-state index in [1.165, 1.54) is 0 Å². The molecule has 3 rings (SSSR count). The molecule has 2 aromatic rings.